The van der Waals surface area contributed by atoms with E-state index in [-0.39, 0.29) is 11.4 Å². The van der Waals surface area contributed by atoms with Crippen LogP contribution in [0.5, 0.6) is 11.5 Å². The third-order valence-corrected chi connectivity index (χ3v) is 3.55. The van der Waals surface area contributed by atoms with Crippen LogP contribution in [0.25, 0.3) is 0 Å². The minimum Gasteiger partial charge on any atom is -0.493 e. The van der Waals surface area contributed by atoms with E-state index in [0.29, 0.717) is 17.1 Å². The second kappa shape index (κ2) is 7.92. The van der Waals surface area contributed by atoms with Gasteiger partial charge in [-0.15, -0.1) is 0 Å². The summed E-state index contributed by atoms with van der Waals surface area (Å²) in [5.41, 5.74) is 3.32. The molecule has 10 heteroatoms. The van der Waals surface area contributed by atoms with Crippen LogP contribution in [0.4, 0.5) is 17.1 Å². The van der Waals surface area contributed by atoms with Crippen LogP contribution in [0.2, 0.25) is 0 Å². The third kappa shape index (κ3) is 4.04. The first-order valence-electron chi connectivity index (χ1n) is 7.32. The number of aryl methyl sites for hydroxylation is 1. The van der Waals surface area contributed by atoms with E-state index < -0.39 is 15.5 Å². The largest absolute Gasteiger partial charge is 0.493 e. The number of nitro benzene ring substituents is 2. The molecular weight excluding hydrogens is 344 g/mol. The topological polar surface area (TPSA) is 129 Å². The van der Waals surface area contributed by atoms with E-state index in [0.717, 1.165) is 17.7 Å². The number of nitrogens with zero attached hydrogens (tertiary/aromatic N) is 3. The minimum atomic E-state index is -0.716. The lowest BCUT2D eigenvalue weighted by atomic mass is 10.1. The van der Waals surface area contributed by atoms with Gasteiger partial charge in [-0.3, -0.25) is 25.7 Å². The number of rotatable bonds is 7. The molecule has 0 spiro atoms. The van der Waals surface area contributed by atoms with Crippen molar-refractivity contribution < 1.29 is 19.3 Å². The summed E-state index contributed by atoms with van der Waals surface area (Å²) in [5.74, 6) is 1.09. The highest BCUT2D eigenvalue weighted by Crippen LogP contribution is 2.30. The van der Waals surface area contributed by atoms with E-state index in [1.165, 1.54) is 26.5 Å². The van der Waals surface area contributed by atoms with Crippen molar-refractivity contribution >= 4 is 23.3 Å². The van der Waals surface area contributed by atoms with Crippen molar-refractivity contribution in [3.05, 3.63) is 61.7 Å². The fourth-order valence-corrected chi connectivity index (χ4v) is 2.19. The SMILES string of the molecule is COc1cc(C)c(/C=N\Nc2ccc([N+](=O)[O-])cc2[N+](=O)[O-])cc1OC. The summed E-state index contributed by atoms with van der Waals surface area (Å²) in [6, 6.07) is 6.75. The van der Waals surface area contributed by atoms with Crippen LogP contribution in [-0.4, -0.2) is 30.3 Å². The van der Waals surface area contributed by atoms with Gasteiger partial charge in [-0.25, -0.2) is 0 Å². The molecule has 0 heterocycles. The Morgan fingerprint density at radius 1 is 1.04 bits per heavy atom. The summed E-state index contributed by atoms with van der Waals surface area (Å²) in [6.07, 6.45) is 1.46. The Bertz CT molecular complexity index is 881. The Balaban J connectivity index is 2.28. The van der Waals surface area contributed by atoms with Crippen LogP contribution >= 0.6 is 0 Å². The molecule has 2 rings (SSSR count). The Morgan fingerprint density at radius 3 is 2.27 bits per heavy atom. The molecule has 0 atom stereocenters. The van der Waals surface area contributed by atoms with Crippen molar-refractivity contribution in [2.75, 3.05) is 19.6 Å². The van der Waals surface area contributed by atoms with Crippen LogP contribution in [0, 0.1) is 27.2 Å². The van der Waals surface area contributed by atoms with Gasteiger partial charge in [0, 0.05) is 11.6 Å². The van der Waals surface area contributed by atoms with Gasteiger partial charge in [0.1, 0.15) is 5.69 Å². The fourth-order valence-electron chi connectivity index (χ4n) is 2.19. The maximum absolute atomic E-state index is 11.1. The first-order chi connectivity index (χ1) is 12.4. The lowest BCUT2D eigenvalue weighted by molar-refractivity contribution is -0.393. The Labute approximate surface area is 148 Å². The number of ether oxygens (including phenoxy) is 2. The van der Waals surface area contributed by atoms with E-state index in [1.807, 2.05) is 6.92 Å². The summed E-state index contributed by atoms with van der Waals surface area (Å²) in [5, 5.41) is 25.8. The molecule has 0 amide bonds. The predicted molar refractivity (Wildman–Crippen MR) is 95.3 cm³/mol. The Morgan fingerprint density at radius 2 is 1.69 bits per heavy atom. The first kappa shape index (κ1) is 18.6. The number of nitrogens with one attached hydrogen (secondary N) is 1. The molecular formula is C16H16N4O6. The van der Waals surface area contributed by atoms with Gasteiger partial charge in [0.2, 0.25) is 0 Å². The van der Waals surface area contributed by atoms with Gasteiger partial charge in [-0.2, -0.15) is 5.10 Å². The molecule has 0 bridgehead atoms. The van der Waals surface area contributed by atoms with E-state index in [9.17, 15) is 20.2 Å². The zero-order chi connectivity index (χ0) is 19.3. The molecule has 0 unspecified atom stereocenters. The average Bonchev–Trinajstić information content (AvgIpc) is 2.62. The normalized spacial score (nSPS) is 10.6. The summed E-state index contributed by atoms with van der Waals surface area (Å²) in [4.78, 5) is 20.4. The van der Waals surface area contributed by atoms with Gasteiger partial charge in [-0.1, -0.05) is 0 Å². The van der Waals surface area contributed by atoms with E-state index in [2.05, 4.69) is 10.5 Å². The summed E-state index contributed by atoms with van der Waals surface area (Å²) in [7, 11) is 3.03. The smallest absolute Gasteiger partial charge is 0.301 e. The van der Waals surface area contributed by atoms with Crippen molar-refractivity contribution in [3.63, 3.8) is 0 Å². The number of non-ortho nitro benzene ring substituents is 1. The van der Waals surface area contributed by atoms with Crippen molar-refractivity contribution in [3.8, 4) is 11.5 Å². The maximum Gasteiger partial charge on any atom is 0.301 e. The molecule has 136 valence electrons. The molecule has 2 aromatic rings. The van der Waals surface area contributed by atoms with Crippen LogP contribution in [-0.2, 0) is 0 Å². The second-order valence-electron chi connectivity index (χ2n) is 5.15. The molecule has 0 saturated carbocycles. The lowest BCUT2D eigenvalue weighted by Gasteiger charge is -2.10. The van der Waals surface area contributed by atoms with Gasteiger partial charge in [0.15, 0.2) is 11.5 Å². The van der Waals surface area contributed by atoms with Crippen molar-refractivity contribution in [1.29, 1.82) is 0 Å². The van der Waals surface area contributed by atoms with Gasteiger partial charge in [-0.05, 0) is 30.7 Å². The lowest BCUT2D eigenvalue weighted by Crippen LogP contribution is -2.00. The minimum absolute atomic E-state index is 0.0370. The zero-order valence-corrected chi connectivity index (χ0v) is 14.3. The van der Waals surface area contributed by atoms with E-state index in [1.54, 1.807) is 12.1 Å². The standard InChI is InChI=1S/C16H16N4O6/c1-10-6-15(25-2)16(26-3)7-11(10)9-17-18-13-5-4-12(19(21)22)8-14(13)20(23)24/h4-9,18H,1-3H3/b17-9-. The molecule has 0 radical (unpaired) electrons. The van der Waals surface area contributed by atoms with Crippen molar-refractivity contribution in [2.24, 2.45) is 5.10 Å². The fraction of sp³-hybridized carbons (Fsp3) is 0.188. The van der Waals surface area contributed by atoms with E-state index >= 15 is 0 Å². The molecule has 26 heavy (non-hydrogen) atoms. The molecule has 0 aliphatic heterocycles. The van der Waals surface area contributed by atoms with Crippen LogP contribution in [0.3, 0.4) is 0 Å². The maximum atomic E-state index is 11.1. The molecule has 0 aliphatic rings. The van der Waals surface area contributed by atoms with Crippen molar-refractivity contribution in [2.45, 2.75) is 6.92 Å². The number of anilines is 1. The molecule has 0 saturated heterocycles. The van der Waals surface area contributed by atoms with Gasteiger partial charge in [0.05, 0.1) is 36.3 Å². The van der Waals surface area contributed by atoms with E-state index in [4.69, 9.17) is 9.47 Å². The molecule has 10 nitrogen and oxygen atoms in total. The zero-order valence-electron chi connectivity index (χ0n) is 14.3. The predicted octanol–water partition coefficient (Wildman–Crippen LogP) is 3.27. The van der Waals surface area contributed by atoms with Crippen LogP contribution in [0.1, 0.15) is 11.1 Å². The average molecular weight is 360 g/mol. The number of hydrazone groups is 1. The van der Waals surface area contributed by atoms with Crippen molar-refractivity contribution in [1.82, 2.24) is 0 Å². The third-order valence-electron chi connectivity index (χ3n) is 3.55. The van der Waals surface area contributed by atoms with Gasteiger partial charge >= 0.3 is 5.69 Å². The molecule has 2 aromatic carbocycles. The Hall–Kier alpha value is -3.69. The number of benzene rings is 2. The highest BCUT2D eigenvalue weighted by molar-refractivity contribution is 5.84. The monoisotopic (exact) mass is 360 g/mol. The summed E-state index contributed by atoms with van der Waals surface area (Å²) < 4.78 is 10.4. The number of nitro groups is 2. The molecule has 0 fully saturated rings. The molecule has 0 aliphatic carbocycles. The first-order valence-corrected chi connectivity index (χ1v) is 7.32. The van der Waals surface area contributed by atoms with Crippen LogP contribution < -0.4 is 14.9 Å². The summed E-state index contributed by atoms with van der Waals surface area (Å²) >= 11 is 0. The Kier molecular flexibility index (Phi) is 5.68. The highest BCUT2D eigenvalue weighted by atomic mass is 16.6. The quantitative estimate of drug-likeness (QED) is 0.455. The van der Waals surface area contributed by atoms with Crippen LogP contribution in [0.15, 0.2) is 35.4 Å². The van der Waals surface area contributed by atoms with Gasteiger partial charge < -0.3 is 9.47 Å². The number of hydrogen-bond acceptors (Lipinski definition) is 8. The number of methoxy groups -OCH3 is 2. The molecule has 1 N–H and O–H groups in total. The second-order valence-corrected chi connectivity index (χ2v) is 5.15. The van der Waals surface area contributed by atoms with Gasteiger partial charge in [0.25, 0.3) is 5.69 Å². The number of hydrogen-bond donors (Lipinski definition) is 1. The highest BCUT2D eigenvalue weighted by Gasteiger charge is 2.19. The summed E-state index contributed by atoms with van der Waals surface area (Å²) in [6.45, 7) is 1.84. The molecule has 0 aromatic heterocycles.